The molecule has 5 nitrogen and oxygen atoms in total. The molecule has 3 aromatic rings. The van der Waals surface area contributed by atoms with E-state index in [4.69, 9.17) is 4.74 Å². The number of esters is 1. The minimum Gasteiger partial charge on any atom is -0.462 e. The van der Waals surface area contributed by atoms with Crippen molar-refractivity contribution in [2.45, 2.75) is 29.9 Å². The van der Waals surface area contributed by atoms with Crippen LogP contribution in [0.4, 0.5) is 0 Å². The Kier molecular flexibility index (Phi) is 4.12. The van der Waals surface area contributed by atoms with Crippen LogP contribution in [0.3, 0.4) is 0 Å². The number of rotatable bonds is 4. The van der Waals surface area contributed by atoms with Crippen molar-refractivity contribution in [2.24, 2.45) is 0 Å². The monoisotopic (exact) mass is 357 g/mol. The number of carbonyl (C=O) groups excluding carboxylic acids is 1. The van der Waals surface area contributed by atoms with Crippen molar-refractivity contribution in [2.75, 3.05) is 0 Å². The first kappa shape index (κ1) is 15.4. The summed E-state index contributed by atoms with van der Waals surface area (Å²) in [4.78, 5) is 13.0. The van der Waals surface area contributed by atoms with Gasteiger partial charge in [-0.25, -0.2) is 0 Å². The number of thiophene rings is 1. The average Bonchev–Trinajstić information content (AvgIpc) is 3.29. The largest absolute Gasteiger partial charge is 0.462 e. The van der Waals surface area contributed by atoms with Crippen molar-refractivity contribution in [1.82, 2.24) is 14.8 Å². The predicted octanol–water partition coefficient (Wildman–Crippen LogP) is 3.79. The molecule has 0 aliphatic carbocycles. The topological polar surface area (TPSA) is 57.0 Å². The van der Waals surface area contributed by atoms with Gasteiger partial charge in [0.05, 0.1) is 4.88 Å². The molecule has 1 aliphatic rings. The summed E-state index contributed by atoms with van der Waals surface area (Å²) < 4.78 is 7.26. The maximum atomic E-state index is 12.0. The van der Waals surface area contributed by atoms with Gasteiger partial charge in [-0.2, -0.15) is 0 Å². The molecular weight excluding hydrogens is 342 g/mol. The van der Waals surface area contributed by atoms with E-state index in [1.165, 1.54) is 11.8 Å². The van der Waals surface area contributed by atoms with Gasteiger partial charge in [0.1, 0.15) is 11.4 Å². The van der Waals surface area contributed by atoms with Crippen molar-refractivity contribution in [1.29, 1.82) is 0 Å². The van der Waals surface area contributed by atoms with Crippen LogP contribution in [0.2, 0.25) is 0 Å². The highest BCUT2D eigenvalue weighted by Gasteiger charge is 2.34. The highest BCUT2D eigenvalue weighted by atomic mass is 32.2. The van der Waals surface area contributed by atoms with E-state index < -0.39 is 0 Å². The zero-order valence-corrected chi connectivity index (χ0v) is 14.6. The van der Waals surface area contributed by atoms with Crippen LogP contribution in [0.15, 0.2) is 53.0 Å². The standard InChI is InChI=1S/C17H15N3O2S2/c1-11-10-14(16(21)22-11)24-17-19-18-15(13-8-5-9-23-13)20(17)12-6-3-2-4-7-12/h2-9,11,14H,10H2,1H3. The summed E-state index contributed by atoms with van der Waals surface area (Å²) >= 11 is 3.04. The van der Waals surface area contributed by atoms with Gasteiger partial charge >= 0.3 is 5.97 Å². The van der Waals surface area contributed by atoms with Crippen LogP contribution in [0, 0.1) is 0 Å². The second-order valence-electron chi connectivity index (χ2n) is 5.54. The fourth-order valence-electron chi connectivity index (χ4n) is 2.66. The highest BCUT2D eigenvalue weighted by molar-refractivity contribution is 8.00. The summed E-state index contributed by atoms with van der Waals surface area (Å²) in [5.41, 5.74) is 0.979. The lowest BCUT2D eigenvalue weighted by Gasteiger charge is -2.10. The van der Waals surface area contributed by atoms with E-state index >= 15 is 0 Å². The van der Waals surface area contributed by atoms with Crippen molar-refractivity contribution >= 4 is 29.1 Å². The Balaban J connectivity index is 1.76. The van der Waals surface area contributed by atoms with E-state index in [9.17, 15) is 4.79 Å². The first-order chi connectivity index (χ1) is 11.7. The fraction of sp³-hybridized carbons (Fsp3) is 0.235. The lowest BCUT2D eigenvalue weighted by Crippen LogP contribution is -2.11. The Labute approximate surface area is 147 Å². The van der Waals surface area contributed by atoms with Gasteiger partial charge in [-0.3, -0.25) is 9.36 Å². The highest BCUT2D eigenvalue weighted by Crippen LogP contribution is 2.35. The van der Waals surface area contributed by atoms with Crippen molar-refractivity contribution < 1.29 is 9.53 Å². The summed E-state index contributed by atoms with van der Waals surface area (Å²) in [6.07, 6.45) is 0.652. The Morgan fingerprint density at radius 2 is 2.04 bits per heavy atom. The number of nitrogens with zero attached hydrogens (tertiary/aromatic N) is 3. The molecule has 1 aliphatic heterocycles. The number of carbonyl (C=O) groups is 1. The van der Waals surface area contributed by atoms with Gasteiger partial charge in [0.15, 0.2) is 11.0 Å². The van der Waals surface area contributed by atoms with E-state index in [2.05, 4.69) is 10.2 Å². The Morgan fingerprint density at radius 3 is 2.71 bits per heavy atom. The molecule has 1 fully saturated rings. The quantitative estimate of drug-likeness (QED) is 0.665. The molecule has 0 saturated carbocycles. The van der Waals surface area contributed by atoms with Crippen LogP contribution in [0.1, 0.15) is 13.3 Å². The van der Waals surface area contributed by atoms with E-state index in [0.717, 1.165) is 16.4 Å². The zero-order valence-electron chi connectivity index (χ0n) is 13.0. The van der Waals surface area contributed by atoms with Crippen LogP contribution in [0.25, 0.3) is 16.4 Å². The predicted molar refractivity (Wildman–Crippen MR) is 94.5 cm³/mol. The number of thioether (sulfide) groups is 1. The van der Waals surface area contributed by atoms with Gasteiger partial charge in [0, 0.05) is 12.1 Å². The molecule has 0 bridgehead atoms. The van der Waals surface area contributed by atoms with Crippen LogP contribution >= 0.6 is 23.1 Å². The molecule has 3 heterocycles. The summed E-state index contributed by atoms with van der Waals surface area (Å²) in [7, 11) is 0. The second-order valence-corrected chi connectivity index (χ2v) is 7.66. The van der Waals surface area contributed by atoms with E-state index in [1.807, 2.05) is 59.3 Å². The minimum atomic E-state index is -0.233. The minimum absolute atomic E-state index is 0.0418. The first-order valence-electron chi connectivity index (χ1n) is 7.64. The van der Waals surface area contributed by atoms with Gasteiger partial charge in [0.25, 0.3) is 0 Å². The number of para-hydroxylation sites is 1. The lowest BCUT2D eigenvalue weighted by molar-refractivity contribution is -0.140. The molecule has 4 rings (SSSR count). The van der Waals surface area contributed by atoms with Crippen LogP contribution < -0.4 is 0 Å². The van der Waals surface area contributed by atoms with Gasteiger partial charge in [-0.1, -0.05) is 36.0 Å². The van der Waals surface area contributed by atoms with Crippen LogP contribution in [-0.2, 0) is 9.53 Å². The Morgan fingerprint density at radius 1 is 1.21 bits per heavy atom. The summed E-state index contributed by atoms with van der Waals surface area (Å²) in [6.45, 7) is 1.91. The van der Waals surface area contributed by atoms with E-state index in [1.54, 1.807) is 11.3 Å². The molecule has 122 valence electrons. The van der Waals surface area contributed by atoms with E-state index in [-0.39, 0.29) is 17.3 Å². The van der Waals surface area contributed by atoms with Gasteiger partial charge in [0.2, 0.25) is 0 Å². The summed E-state index contributed by atoms with van der Waals surface area (Å²) in [5, 5.41) is 11.2. The number of hydrogen-bond acceptors (Lipinski definition) is 6. The molecule has 0 spiro atoms. The SMILES string of the molecule is CC1CC(Sc2nnc(-c3cccs3)n2-c2ccccc2)C(=O)O1. The maximum absolute atomic E-state index is 12.0. The number of cyclic esters (lactones) is 1. The van der Waals surface area contributed by atoms with Crippen LogP contribution in [0.5, 0.6) is 0 Å². The lowest BCUT2D eigenvalue weighted by atomic mass is 10.3. The summed E-state index contributed by atoms with van der Waals surface area (Å²) in [5.74, 6) is 0.617. The zero-order chi connectivity index (χ0) is 16.5. The third-order valence-electron chi connectivity index (χ3n) is 3.76. The number of benzene rings is 1. The number of hydrogen-bond donors (Lipinski definition) is 0. The molecule has 1 aromatic carbocycles. The molecule has 7 heteroatoms. The summed E-state index contributed by atoms with van der Waals surface area (Å²) in [6, 6.07) is 14.0. The van der Waals surface area contributed by atoms with Gasteiger partial charge in [-0.15, -0.1) is 21.5 Å². The Hall–Kier alpha value is -2.12. The van der Waals surface area contributed by atoms with Crippen molar-refractivity contribution in [3.63, 3.8) is 0 Å². The third kappa shape index (κ3) is 2.85. The molecule has 24 heavy (non-hydrogen) atoms. The van der Waals surface area contributed by atoms with Gasteiger partial charge in [-0.05, 0) is 30.5 Å². The second kappa shape index (κ2) is 6.41. The molecule has 0 amide bonds. The fourth-order valence-corrected chi connectivity index (χ4v) is 4.52. The molecule has 0 N–H and O–H groups in total. The smallest absolute Gasteiger partial charge is 0.319 e. The number of aromatic nitrogens is 3. The molecule has 0 radical (unpaired) electrons. The molecule has 2 unspecified atom stereocenters. The molecular formula is C17H15N3O2S2. The normalized spacial score (nSPS) is 20.3. The maximum Gasteiger partial charge on any atom is 0.319 e. The third-order valence-corrected chi connectivity index (χ3v) is 5.77. The molecule has 1 saturated heterocycles. The van der Waals surface area contributed by atoms with Crippen LogP contribution in [-0.4, -0.2) is 32.1 Å². The molecule has 2 atom stereocenters. The Bertz CT molecular complexity index is 846. The molecule has 2 aromatic heterocycles. The van der Waals surface area contributed by atoms with E-state index in [0.29, 0.717) is 11.6 Å². The average molecular weight is 357 g/mol. The van der Waals surface area contributed by atoms with Crippen molar-refractivity contribution in [3.05, 3.63) is 47.8 Å². The first-order valence-corrected chi connectivity index (χ1v) is 9.40. The van der Waals surface area contributed by atoms with Gasteiger partial charge < -0.3 is 4.74 Å². The number of ether oxygens (including phenoxy) is 1. The van der Waals surface area contributed by atoms with Crippen molar-refractivity contribution in [3.8, 4) is 16.4 Å².